The van der Waals surface area contributed by atoms with Crippen LogP contribution in [0, 0.1) is 0 Å². The third-order valence-corrected chi connectivity index (χ3v) is 2.20. The Morgan fingerprint density at radius 1 is 1.19 bits per heavy atom. The average Bonchev–Trinajstić information content (AvgIpc) is 2.78. The van der Waals surface area contributed by atoms with Crippen LogP contribution in [-0.4, -0.2) is 17.3 Å². The van der Waals surface area contributed by atoms with E-state index >= 15 is 0 Å². The summed E-state index contributed by atoms with van der Waals surface area (Å²) in [6.45, 7) is 0.273. The molecular formula is C11H13N3O2. The summed E-state index contributed by atoms with van der Waals surface area (Å²) in [7, 11) is 1.64. The smallest absolute Gasteiger partial charge is 0.230 e. The minimum absolute atomic E-state index is 0.273. The van der Waals surface area contributed by atoms with Crippen LogP contribution in [0.2, 0.25) is 0 Å². The first-order valence-electron chi connectivity index (χ1n) is 4.96. The molecule has 0 aliphatic heterocycles. The number of nitrogens with zero attached hydrogens (tertiary/aromatic N) is 2. The van der Waals surface area contributed by atoms with Crippen LogP contribution in [-0.2, 0) is 13.0 Å². The Morgan fingerprint density at radius 2 is 1.88 bits per heavy atom. The lowest BCUT2D eigenvalue weighted by Gasteiger charge is -2.00. The van der Waals surface area contributed by atoms with Gasteiger partial charge in [0.15, 0.2) is 0 Å². The van der Waals surface area contributed by atoms with E-state index in [0.29, 0.717) is 18.2 Å². The zero-order chi connectivity index (χ0) is 11.4. The highest BCUT2D eigenvalue weighted by Gasteiger charge is 2.05. The monoisotopic (exact) mass is 219 g/mol. The van der Waals surface area contributed by atoms with Gasteiger partial charge in [-0.25, -0.2) is 0 Å². The predicted molar refractivity (Wildman–Crippen MR) is 58.0 cm³/mol. The number of aromatic nitrogens is 2. The number of ether oxygens (including phenoxy) is 1. The van der Waals surface area contributed by atoms with E-state index in [4.69, 9.17) is 14.9 Å². The molecule has 0 bridgehead atoms. The highest BCUT2D eigenvalue weighted by atomic mass is 16.5. The van der Waals surface area contributed by atoms with Gasteiger partial charge in [-0.1, -0.05) is 12.1 Å². The van der Waals surface area contributed by atoms with Crippen LogP contribution in [0.4, 0.5) is 0 Å². The molecule has 1 heterocycles. The molecule has 0 unspecified atom stereocenters. The number of hydrogen-bond donors (Lipinski definition) is 1. The van der Waals surface area contributed by atoms with Gasteiger partial charge in [-0.2, -0.15) is 0 Å². The fraction of sp³-hybridized carbons (Fsp3) is 0.273. The Morgan fingerprint density at radius 3 is 2.44 bits per heavy atom. The summed E-state index contributed by atoms with van der Waals surface area (Å²) >= 11 is 0. The summed E-state index contributed by atoms with van der Waals surface area (Å²) in [5.41, 5.74) is 6.47. The van der Waals surface area contributed by atoms with Crippen LogP contribution in [0.25, 0.3) is 0 Å². The first kappa shape index (κ1) is 10.6. The maximum absolute atomic E-state index is 5.38. The third-order valence-electron chi connectivity index (χ3n) is 2.20. The van der Waals surface area contributed by atoms with Gasteiger partial charge < -0.3 is 14.9 Å². The molecule has 5 heteroatoms. The number of hydrogen-bond acceptors (Lipinski definition) is 5. The standard InChI is InChI=1S/C11H13N3O2/c1-15-9-4-2-8(3-5-9)6-10-13-14-11(7-12)16-10/h2-5H,6-7,12H2,1H3. The molecule has 84 valence electrons. The first-order valence-corrected chi connectivity index (χ1v) is 4.96. The highest BCUT2D eigenvalue weighted by molar-refractivity contribution is 5.28. The summed E-state index contributed by atoms with van der Waals surface area (Å²) in [4.78, 5) is 0. The molecule has 5 nitrogen and oxygen atoms in total. The van der Waals surface area contributed by atoms with E-state index in [0.717, 1.165) is 11.3 Å². The number of rotatable bonds is 4. The van der Waals surface area contributed by atoms with Gasteiger partial charge in [0.1, 0.15) is 5.75 Å². The van der Waals surface area contributed by atoms with Crippen molar-refractivity contribution in [1.82, 2.24) is 10.2 Å². The lowest BCUT2D eigenvalue weighted by Crippen LogP contribution is -1.95. The van der Waals surface area contributed by atoms with E-state index in [1.807, 2.05) is 24.3 Å². The van der Waals surface area contributed by atoms with Crippen LogP contribution in [0.15, 0.2) is 28.7 Å². The zero-order valence-electron chi connectivity index (χ0n) is 9.01. The van der Waals surface area contributed by atoms with Gasteiger partial charge in [-0.15, -0.1) is 10.2 Å². The zero-order valence-corrected chi connectivity index (χ0v) is 9.01. The van der Waals surface area contributed by atoms with Crippen molar-refractivity contribution in [3.05, 3.63) is 41.6 Å². The quantitative estimate of drug-likeness (QED) is 0.834. The normalized spacial score (nSPS) is 10.4. The molecular weight excluding hydrogens is 206 g/mol. The Labute approximate surface area is 93.2 Å². The van der Waals surface area contributed by atoms with Crippen molar-refractivity contribution in [2.75, 3.05) is 7.11 Å². The van der Waals surface area contributed by atoms with E-state index in [1.165, 1.54) is 0 Å². The molecule has 0 saturated heterocycles. The Bertz CT molecular complexity index is 451. The van der Waals surface area contributed by atoms with E-state index < -0.39 is 0 Å². The Kier molecular flexibility index (Phi) is 3.16. The molecule has 1 aromatic carbocycles. The molecule has 0 radical (unpaired) electrons. The summed E-state index contributed by atoms with van der Waals surface area (Å²) in [5, 5.41) is 7.70. The van der Waals surface area contributed by atoms with Crippen LogP contribution < -0.4 is 10.5 Å². The maximum Gasteiger partial charge on any atom is 0.230 e. The number of methoxy groups -OCH3 is 1. The molecule has 0 amide bonds. The van der Waals surface area contributed by atoms with Crippen molar-refractivity contribution < 1.29 is 9.15 Å². The molecule has 2 rings (SSSR count). The SMILES string of the molecule is COc1ccc(Cc2nnc(CN)o2)cc1. The molecule has 2 aromatic rings. The van der Waals surface area contributed by atoms with Crippen LogP contribution in [0.3, 0.4) is 0 Å². The second-order valence-corrected chi connectivity index (χ2v) is 3.32. The molecule has 0 atom stereocenters. The second-order valence-electron chi connectivity index (χ2n) is 3.32. The van der Waals surface area contributed by atoms with E-state index in [2.05, 4.69) is 10.2 Å². The minimum atomic E-state index is 0.273. The summed E-state index contributed by atoms with van der Waals surface area (Å²) in [6, 6.07) is 7.72. The van der Waals surface area contributed by atoms with E-state index in [-0.39, 0.29) is 6.54 Å². The van der Waals surface area contributed by atoms with Crippen molar-refractivity contribution in [3.8, 4) is 5.75 Å². The number of benzene rings is 1. The maximum atomic E-state index is 5.38. The van der Waals surface area contributed by atoms with E-state index in [9.17, 15) is 0 Å². The van der Waals surface area contributed by atoms with Gasteiger partial charge in [-0.05, 0) is 17.7 Å². The fourth-order valence-electron chi connectivity index (χ4n) is 1.36. The molecule has 0 fully saturated rings. The van der Waals surface area contributed by atoms with Gasteiger partial charge in [0.05, 0.1) is 20.1 Å². The second kappa shape index (κ2) is 4.76. The van der Waals surface area contributed by atoms with Crippen molar-refractivity contribution in [1.29, 1.82) is 0 Å². The third kappa shape index (κ3) is 2.38. The lowest BCUT2D eigenvalue weighted by atomic mass is 10.1. The van der Waals surface area contributed by atoms with Gasteiger partial charge in [-0.3, -0.25) is 0 Å². The predicted octanol–water partition coefficient (Wildman–Crippen LogP) is 1.13. The van der Waals surface area contributed by atoms with E-state index in [1.54, 1.807) is 7.11 Å². The summed E-state index contributed by atoms with van der Waals surface area (Å²) in [6.07, 6.45) is 0.608. The molecule has 0 spiro atoms. The van der Waals surface area contributed by atoms with Gasteiger partial charge in [0.25, 0.3) is 0 Å². The molecule has 0 saturated carbocycles. The first-order chi connectivity index (χ1) is 7.81. The molecule has 2 N–H and O–H groups in total. The Hall–Kier alpha value is -1.88. The van der Waals surface area contributed by atoms with Crippen molar-refractivity contribution >= 4 is 0 Å². The highest BCUT2D eigenvalue weighted by Crippen LogP contribution is 2.14. The minimum Gasteiger partial charge on any atom is -0.497 e. The molecule has 16 heavy (non-hydrogen) atoms. The van der Waals surface area contributed by atoms with Crippen LogP contribution >= 0.6 is 0 Å². The number of nitrogens with two attached hydrogens (primary N) is 1. The average molecular weight is 219 g/mol. The van der Waals surface area contributed by atoms with Gasteiger partial charge in [0, 0.05) is 0 Å². The topological polar surface area (TPSA) is 74.2 Å². The van der Waals surface area contributed by atoms with Gasteiger partial charge >= 0.3 is 0 Å². The van der Waals surface area contributed by atoms with Crippen molar-refractivity contribution in [2.45, 2.75) is 13.0 Å². The molecule has 0 aliphatic rings. The largest absolute Gasteiger partial charge is 0.497 e. The summed E-state index contributed by atoms with van der Waals surface area (Å²) in [5.74, 6) is 1.87. The molecule has 1 aromatic heterocycles. The van der Waals surface area contributed by atoms with Crippen LogP contribution in [0.5, 0.6) is 5.75 Å². The van der Waals surface area contributed by atoms with Gasteiger partial charge in [0.2, 0.25) is 11.8 Å². The Balaban J connectivity index is 2.08. The molecule has 0 aliphatic carbocycles. The lowest BCUT2D eigenvalue weighted by molar-refractivity contribution is 0.414. The fourth-order valence-corrected chi connectivity index (χ4v) is 1.36. The van der Waals surface area contributed by atoms with Crippen molar-refractivity contribution in [3.63, 3.8) is 0 Å². The summed E-state index contributed by atoms with van der Waals surface area (Å²) < 4.78 is 10.4. The van der Waals surface area contributed by atoms with Crippen LogP contribution in [0.1, 0.15) is 17.3 Å². The van der Waals surface area contributed by atoms with Crippen molar-refractivity contribution in [2.24, 2.45) is 5.73 Å².